The molecule has 4 nitrogen and oxygen atoms in total. The SMILES string of the molecule is C=NOC(C(=O)O)C(C)C. The first-order chi connectivity index (χ1) is 4.59. The summed E-state index contributed by atoms with van der Waals surface area (Å²) in [7, 11) is 0. The van der Waals surface area contributed by atoms with Crippen molar-refractivity contribution in [3.8, 4) is 0 Å². The van der Waals surface area contributed by atoms with E-state index in [4.69, 9.17) is 5.11 Å². The molecule has 1 N–H and O–H groups in total. The fraction of sp³-hybridized carbons (Fsp3) is 0.667. The minimum Gasteiger partial charge on any atom is -0.478 e. The third-order valence-corrected chi connectivity index (χ3v) is 1.04. The normalized spacial score (nSPS) is 12.7. The second-order valence-corrected chi connectivity index (χ2v) is 2.24. The molecule has 0 aliphatic carbocycles. The van der Waals surface area contributed by atoms with E-state index in [2.05, 4.69) is 16.7 Å². The van der Waals surface area contributed by atoms with Crippen LogP contribution >= 0.6 is 0 Å². The molecule has 0 fully saturated rings. The van der Waals surface area contributed by atoms with Crippen LogP contribution in [0.2, 0.25) is 0 Å². The van der Waals surface area contributed by atoms with Crippen LogP contribution in [0.4, 0.5) is 0 Å². The van der Waals surface area contributed by atoms with Crippen molar-refractivity contribution in [3.63, 3.8) is 0 Å². The van der Waals surface area contributed by atoms with E-state index < -0.39 is 12.1 Å². The van der Waals surface area contributed by atoms with Crippen molar-refractivity contribution in [2.24, 2.45) is 11.1 Å². The molecule has 0 saturated carbocycles. The van der Waals surface area contributed by atoms with Gasteiger partial charge in [0.05, 0.1) is 0 Å². The number of carboxylic acid groups (broad SMARTS) is 1. The summed E-state index contributed by atoms with van der Waals surface area (Å²) >= 11 is 0. The smallest absolute Gasteiger partial charge is 0.348 e. The minimum atomic E-state index is -1.01. The molecule has 0 aromatic heterocycles. The highest BCUT2D eigenvalue weighted by Gasteiger charge is 2.22. The number of carboxylic acids is 1. The minimum absolute atomic E-state index is 0.0944. The molecule has 10 heavy (non-hydrogen) atoms. The molecule has 0 aromatic carbocycles. The van der Waals surface area contributed by atoms with Crippen molar-refractivity contribution >= 4 is 12.7 Å². The monoisotopic (exact) mass is 145 g/mol. The molecular formula is C6H11NO3. The van der Waals surface area contributed by atoms with Crippen LogP contribution in [-0.2, 0) is 9.63 Å². The lowest BCUT2D eigenvalue weighted by Crippen LogP contribution is -2.27. The summed E-state index contributed by atoms with van der Waals surface area (Å²) in [5, 5.41) is 11.5. The fourth-order valence-electron chi connectivity index (χ4n) is 0.532. The van der Waals surface area contributed by atoms with Crippen molar-refractivity contribution in [2.75, 3.05) is 0 Å². The van der Waals surface area contributed by atoms with Crippen LogP contribution in [0.15, 0.2) is 5.16 Å². The molecule has 0 aromatic rings. The maximum absolute atomic E-state index is 10.3. The van der Waals surface area contributed by atoms with Gasteiger partial charge in [-0.15, -0.1) is 5.16 Å². The zero-order valence-electron chi connectivity index (χ0n) is 6.07. The molecule has 4 heteroatoms. The Kier molecular flexibility index (Phi) is 3.46. The largest absolute Gasteiger partial charge is 0.478 e. The van der Waals surface area contributed by atoms with Gasteiger partial charge in [-0.1, -0.05) is 13.8 Å². The number of nitrogens with zero attached hydrogens (tertiary/aromatic N) is 1. The Morgan fingerprint density at radius 3 is 2.30 bits per heavy atom. The van der Waals surface area contributed by atoms with E-state index in [-0.39, 0.29) is 5.92 Å². The van der Waals surface area contributed by atoms with Crippen LogP contribution in [0, 0.1) is 5.92 Å². The molecule has 0 aliphatic rings. The summed E-state index contributed by atoms with van der Waals surface area (Å²) in [5.74, 6) is -1.11. The van der Waals surface area contributed by atoms with Crippen LogP contribution < -0.4 is 0 Å². The number of hydrogen-bond acceptors (Lipinski definition) is 3. The molecule has 1 unspecified atom stereocenters. The Labute approximate surface area is 59.5 Å². The lowest BCUT2D eigenvalue weighted by Gasteiger charge is -2.12. The van der Waals surface area contributed by atoms with E-state index in [1.165, 1.54) is 0 Å². The van der Waals surface area contributed by atoms with Gasteiger partial charge in [0.2, 0.25) is 6.10 Å². The number of aliphatic carboxylic acids is 1. The highest BCUT2D eigenvalue weighted by atomic mass is 16.6. The van der Waals surface area contributed by atoms with E-state index in [1.807, 2.05) is 0 Å². The Hall–Kier alpha value is -1.06. The Balaban J connectivity index is 3.97. The zero-order chi connectivity index (χ0) is 8.15. The van der Waals surface area contributed by atoms with E-state index in [0.29, 0.717) is 0 Å². The highest BCUT2D eigenvalue weighted by molar-refractivity contribution is 5.72. The van der Waals surface area contributed by atoms with Gasteiger partial charge in [-0.2, -0.15) is 0 Å². The van der Waals surface area contributed by atoms with Gasteiger partial charge in [0.1, 0.15) is 0 Å². The molecule has 0 bridgehead atoms. The van der Waals surface area contributed by atoms with Gasteiger partial charge in [-0.25, -0.2) is 4.79 Å². The number of rotatable bonds is 4. The van der Waals surface area contributed by atoms with E-state index in [1.54, 1.807) is 13.8 Å². The number of carbonyl (C=O) groups is 1. The molecule has 0 spiro atoms. The molecule has 58 valence electrons. The van der Waals surface area contributed by atoms with Gasteiger partial charge in [0.25, 0.3) is 0 Å². The van der Waals surface area contributed by atoms with Crippen LogP contribution in [0.5, 0.6) is 0 Å². The second-order valence-electron chi connectivity index (χ2n) is 2.24. The predicted molar refractivity (Wildman–Crippen MR) is 36.9 cm³/mol. The predicted octanol–water partition coefficient (Wildman–Crippen LogP) is 0.728. The maximum atomic E-state index is 10.3. The van der Waals surface area contributed by atoms with Crippen LogP contribution in [0.1, 0.15) is 13.8 Å². The quantitative estimate of drug-likeness (QED) is 0.468. The summed E-state index contributed by atoms with van der Waals surface area (Å²) < 4.78 is 0. The maximum Gasteiger partial charge on any atom is 0.348 e. The first-order valence-corrected chi connectivity index (χ1v) is 2.94. The molecular weight excluding hydrogens is 134 g/mol. The van der Waals surface area contributed by atoms with E-state index >= 15 is 0 Å². The first-order valence-electron chi connectivity index (χ1n) is 2.94. The fourth-order valence-corrected chi connectivity index (χ4v) is 0.532. The molecule has 0 saturated heterocycles. The van der Waals surface area contributed by atoms with Gasteiger partial charge in [0, 0.05) is 12.6 Å². The van der Waals surface area contributed by atoms with Gasteiger partial charge in [0.15, 0.2) is 0 Å². The summed E-state index contributed by atoms with van der Waals surface area (Å²) in [6, 6.07) is 0. The van der Waals surface area contributed by atoms with E-state index in [0.717, 1.165) is 0 Å². The summed E-state index contributed by atoms with van der Waals surface area (Å²) in [6.45, 7) is 6.51. The Bertz CT molecular complexity index is 133. The second kappa shape index (κ2) is 3.87. The van der Waals surface area contributed by atoms with Gasteiger partial charge < -0.3 is 9.94 Å². The van der Waals surface area contributed by atoms with Gasteiger partial charge in [-0.3, -0.25) is 0 Å². The van der Waals surface area contributed by atoms with E-state index in [9.17, 15) is 4.79 Å². The highest BCUT2D eigenvalue weighted by Crippen LogP contribution is 2.06. The van der Waals surface area contributed by atoms with Crippen molar-refractivity contribution in [3.05, 3.63) is 0 Å². The Morgan fingerprint density at radius 1 is 1.70 bits per heavy atom. The number of hydrogen-bond donors (Lipinski definition) is 1. The summed E-state index contributed by atoms with van der Waals surface area (Å²) in [4.78, 5) is 14.8. The Morgan fingerprint density at radius 2 is 2.20 bits per heavy atom. The lowest BCUT2D eigenvalue weighted by molar-refractivity contribution is -0.153. The third kappa shape index (κ3) is 2.48. The lowest BCUT2D eigenvalue weighted by atomic mass is 10.1. The van der Waals surface area contributed by atoms with Crippen molar-refractivity contribution in [2.45, 2.75) is 20.0 Å². The molecule has 0 heterocycles. The topological polar surface area (TPSA) is 58.9 Å². The summed E-state index contributed by atoms with van der Waals surface area (Å²) in [6.07, 6.45) is -0.877. The average molecular weight is 145 g/mol. The molecule has 0 rings (SSSR count). The molecule has 0 radical (unpaired) electrons. The van der Waals surface area contributed by atoms with Crippen LogP contribution in [0.25, 0.3) is 0 Å². The molecule has 0 amide bonds. The first kappa shape index (κ1) is 8.94. The molecule has 1 atom stereocenters. The van der Waals surface area contributed by atoms with Gasteiger partial charge >= 0.3 is 5.97 Å². The standard InChI is InChI=1S/C6H11NO3/c1-4(2)5(6(8)9)10-7-3/h4-5H,3H2,1-2H3,(H,8,9). The van der Waals surface area contributed by atoms with Crippen molar-refractivity contribution in [1.29, 1.82) is 0 Å². The number of oxime groups is 1. The van der Waals surface area contributed by atoms with Crippen LogP contribution in [0.3, 0.4) is 0 Å². The summed E-state index contributed by atoms with van der Waals surface area (Å²) in [5.41, 5.74) is 0. The van der Waals surface area contributed by atoms with Crippen LogP contribution in [-0.4, -0.2) is 23.9 Å². The van der Waals surface area contributed by atoms with Crippen molar-refractivity contribution in [1.82, 2.24) is 0 Å². The third-order valence-electron chi connectivity index (χ3n) is 1.04. The molecule has 0 aliphatic heterocycles. The van der Waals surface area contributed by atoms with Crippen molar-refractivity contribution < 1.29 is 14.7 Å². The van der Waals surface area contributed by atoms with Gasteiger partial charge in [-0.05, 0) is 0 Å². The zero-order valence-corrected chi connectivity index (χ0v) is 6.07. The average Bonchev–Trinajstić information content (AvgIpc) is 1.81.